The first-order chi connectivity index (χ1) is 9.08. The molecular weight excluding hydrogens is 248 g/mol. The van der Waals surface area contributed by atoms with E-state index < -0.39 is 11.5 Å². The molecule has 0 spiro atoms. The van der Waals surface area contributed by atoms with Crippen LogP contribution in [0.4, 0.5) is 0 Å². The van der Waals surface area contributed by atoms with Gasteiger partial charge in [0.2, 0.25) is 0 Å². The number of aromatic nitrogens is 2. The highest BCUT2D eigenvalue weighted by molar-refractivity contribution is 5.88. The molecule has 2 heterocycles. The fraction of sp³-hybridized carbons (Fsp3) is 0.462. The van der Waals surface area contributed by atoms with E-state index in [1.54, 1.807) is 6.92 Å². The molecule has 0 saturated carbocycles. The van der Waals surface area contributed by atoms with Crippen LogP contribution in [0.5, 0.6) is 0 Å². The van der Waals surface area contributed by atoms with Crippen molar-refractivity contribution in [3.8, 4) is 0 Å². The number of esters is 1. The van der Waals surface area contributed by atoms with Crippen molar-refractivity contribution in [2.24, 2.45) is 5.92 Å². The van der Waals surface area contributed by atoms with Crippen LogP contribution >= 0.6 is 0 Å². The third kappa shape index (κ3) is 2.38. The summed E-state index contributed by atoms with van der Waals surface area (Å²) in [6, 6.07) is 0. The SMILES string of the molecule is CCOC(=O)c1cnc2n(c1=O)CC(C)C/C2=C/O. The monoisotopic (exact) mass is 264 g/mol. The number of aliphatic hydroxyl groups is 1. The van der Waals surface area contributed by atoms with Gasteiger partial charge in [0.15, 0.2) is 0 Å². The predicted octanol–water partition coefficient (Wildman–Crippen LogP) is 1.36. The van der Waals surface area contributed by atoms with Gasteiger partial charge in [0, 0.05) is 18.3 Å². The van der Waals surface area contributed by atoms with E-state index in [-0.39, 0.29) is 18.1 Å². The van der Waals surface area contributed by atoms with Crippen LogP contribution in [-0.2, 0) is 11.3 Å². The van der Waals surface area contributed by atoms with Gasteiger partial charge in [0.25, 0.3) is 5.56 Å². The lowest BCUT2D eigenvalue weighted by atomic mass is 9.97. The van der Waals surface area contributed by atoms with Gasteiger partial charge in [-0.2, -0.15) is 0 Å². The predicted molar refractivity (Wildman–Crippen MR) is 68.8 cm³/mol. The summed E-state index contributed by atoms with van der Waals surface area (Å²) in [6.45, 7) is 4.33. The van der Waals surface area contributed by atoms with Crippen molar-refractivity contribution in [2.75, 3.05) is 6.61 Å². The normalized spacial score (nSPS) is 20.1. The summed E-state index contributed by atoms with van der Waals surface area (Å²) in [5, 5.41) is 9.20. The van der Waals surface area contributed by atoms with Crippen molar-refractivity contribution in [2.45, 2.75) is 26.8 Å². The van der Waals surface area contributed by atoms with Crippen LogP contribution in [0.1, 0.15) is 36.5 Å². The molecule has 1 atom stereocenters. The zero-order valence-corrected chi connectivity index (χ0v) is 10.9. The van der Waals surface area contributed by atoms with Crippen LogP contribution in [0, 0.1) is 5.92 Å². The third-order valence-electron chi connectivity index (χ3n) is 3.05. The Balaban J connectivity index is 2.54. The van der Waals surface area contributed by atoms with E-state index in [0.717, 1.165) is 6.26 Å². The number of hydrogen-bond donors (Lipinski definition) is 1. The number of nitrogens with zero attached hydrogens (tertiary/aromatic N) is 2. The molecule has 0 aliphatic carbocycles. The highest BCUT2D eigenvalue weighted by Crippen LogP contribution is 2.26. The highest BCUT2D eigenvalue weighted by atomic mass is 16.5. The number of carbonyl (C=O) groups is 1. The quantitative estimate of drug-likeness (QED) is 0.644. The van der Waals surface area contributed by atoms with Crippen LogP contribution in [-0.4, -0.2) is 27.2 Å². The summed E-state index contributed by atoms with van der Waals surface area (Å²) in [6.07, 6.45) is 2.84. The maximum absolute atomic E-state index is 12.3. The zero-order valence-electron chi connectivity index (χ0n) is 10.9. The largest absolute Gasteiger partial charge is 0.515 e. The lowest BCUT2D eigenvalue weighted by Gasteiger charge is -2.24. The fourth-order valence-corrected chi connectivity index (χ4v) is 2.22. The highest BCUT2D eigenvalue weighted by Gasteiger charge is 2.25. The molecule has 0 radical (unpaired) electrons. The zero-order chi connectivity index (χ0) is 14.0. The Morgan fingerprint density at radius 1 is 1.68 bits per heavy atom. The molecule has 1 aromatic rings. The molecule has 1 aliphatic heterocycles. The van der Waals surface area contributed by atoms with Crippen molar-refractivity contribution in [3.05, 3.63) is 34.2 Å². The molecule has 1 aliphatic rings. The number of hydrogen-bond acceptors (Lipinski definition) is 5. The van der Waals surface area contributed by atoms with Gasteiger partial charge in [-0.05, 0) is 19.3 Å². The first-order valence-corrected chi connectivity index (χ1v) is 6.19. The van der Waals surface area contributed by atoms with Crippen molar-refractivity contribution >= 4 is 11.5 Å². The lowest BCUT2D eigenvalue weighted by Crippen LogP contribution is -2.34. The van der Waals surface area contributed by atoms with Gasteiger partial charge in [-0.1, -0.05) is 6.92 Å². The summed E-state index contributed by atoms with van der Waals surface area (Å²) in [5.74, 6) is -0.0513. The third-order valence-corrected chi connectivity index (χ3v) is 3.05. The first kappa shape index (κ1) is 13.3. The molecule has 19 heavy (non-hydrogen) atoms. The molecule has 0 aromatic carbocycles. The van der Waals surface area contributed by atoms with Crippen molar-refractivity contribution in [1.29, 1.82) is 0 Å². The van der Waals surface area contributed by atoms with E-state index in [9.17, 15) is 14.7 Å². The number of allylic oxidation sites excluding steroid dienone is 1. The molecule has 1 aromatic heterocycles. The Kier molecular flexibility index (Phi) is 3.69. The summed E-state index contributed by atoms with van der Waals surface area (Å²) in [5.41, 5.74) is 0.109. The minimum absolute atomic E-state index is 0.0722. The maximum atomic E-state index is 12.3. The minimum atomic E-state index is -0.664. The molecule has 0 amide bonds. The van der Waals surface area contributed by atoms with Crippen molar-refractivity contribution in [1.82, 2.24) is 9.55 Å². The van der Waals surface area contributed by atoms with E-state index in [2.05, 4.69) is 4.98 Å². The first-order valence-electron chi connectivity index (χ1n) is 6.19. The Hall–Kier alpha value is -2.11. The fourth-order valence-electron chi connectivity index (χ4n) is 2.22. The van der Waals surface area contributed by atoms with Gasteiger partial charge < -0.3 is 9.84 Å². The van der Waals surface area contributed by atoms with E-state index in [0.29, 0.717) is 24.4 Å². The molecule has 6 nitrogen and oxygen atoms in total. The Bertz CT molecular complexity index is 589. The number of rotatable bonds is 2. The van der Waals surface area contributed by atoms with Crippen LogP contribution < -0.4 is 5.56 Å². The summed E-state index contributed by atoms with van der Waals surface area (Å²) < 4.78 is 6.24. The van der Waals surface area contributed by atoms with E-state index in [1.165, 1.54) is 10.8 Å². The molecule has 6 heteroatoms. The molecule has 2 rings (SSSR count). The summed E-state index contributed by atoms with van der Waals surface area (Å²) in [7, 11) is 0. The van der Waals surface area contributed by atoms with Gasteiger partial charge in [0.05, 0.1) is 12.9 Å². The number of aliphatic hydroxyl groups excluding tert-OH is 1. The van der Waals surface area contributed by atoms with Crippen LogP contribution in [0.25, 0.3) is 5.57 Å². The van der Waals surface area contributed by atoms with E-state index in [1.807, 2.05) is 6.92 Å². The second-order valence-corrected chi connectivity index (χ2v) is 4.60. The molecule has 102 valence electrons. The summed E-state index contributed by atoms with van der Waals surface area (Å²) in [4.78, 5) is 28.0. The van der Waals surface area contributed by atoms with Crippen molar-refractivity contribution < 1.29 is 14.6 Å². The van der Waals surface area contributed by atoms with E-state index >= 15 is 0 Å². The number of carbonyl (C=O) groups excluding carboxylic acids is 1. The average molecular weight is 264 g/mol. The van der Waals surface area contributed by atoms with Crippen LogP contribution in [0.15, 0.2) is 17.3 Å². The standard InChI is InChI=1S/C13H16N2O4/c1-3-19-13(18)10-5-14-11-9(7-16)4-8(2)6-15(11)12(10)17/h5,7-8,16H,3-4,6H2,1-2H3/b9-7-. The molecule has 0 saturated heterocycles. The topological polar surface area (TPSA) is 81.4 Å². The smallest absolute Gasteiger partial charge is 0.345 e. The van der Waals surface area contributed by atoms with Gasteiger partial charge in [-0.3, -0.25) is 9.36 Å². The minimum Gasteiger partial charge on any atom is -0.515 e. The average Bonchev–Trinajstić information content (AvgIpc) is 2.39. The van der Waals surface area contributed by atoms with Gasteiger partial charge in [-0.15, -0.1) is 0 Å². The molecule has 0 bridgehead atoms. The Morgan fingerprint density at radius 2 is 2.42 bits per heavy atom. The van der Waals surface area contributed by atoms with Gasteiger partial charge in [-0.25, -0.2) is 9.78 Å². The van der Waals surface area contributed by atoms with Crippen molar-refractivity contribution in [3.63, 3.8) is 0 Å². The Morgan fingerprint density at radius 3 is 3.05 bits per heavy atom. The van der Waals surface area contributed by atoms with Gasteiger partial charge >= 0.3 is 5.97 Å². The Labute approximate surface area is 110 Å². The summed E-state index contributed by atoms with van der Waals surface area (Å²) >= 11 is 0. The molecular formula is C13H16N2O4. The second kappa shape index (κ2) is 5.26. The maximum Gasteiger partial charge on any atom is 0.345 e. The van der Waals surface area contributed by atoms with Crippen LogP contribution in [0.3, 0.4) is 0 Å². The number of fused-ring (bicyclic) bond motifs is 1. The molecule has 1 N–H and O–H groups in total. The second-order valence-electron chi connectivity index (χ2n) is 4.60. The lowest BCUT2D eigenvalue weighted by molar-refractivity contribution is 0.0522. The molecule has 1 unspecified atom stereocenters. The van der Waals surface area contributed by atoms with E-state index in [4.69, 9.17) is 4.74 Å². The molecule has 0 fully saturated rings. The number of ether oxygens (including phenoxy) is 1. The van der Waals surface area contributed by atoms with Crippen LogP contribution in [0.2, 0.25) is 0 Å². The van der Waals surface area contributed by atoms with Gasteiger partial charge in [0.1, 0.15) is 11.4 Å².